The Hall–Kier alpha value is -2.95. The smallest absolute Gasteiger partial charge is 0.261 e. The first-order valence-electron chi connectivity index (χ1n) is 13.0. The molecular formula is C29H35N3O2. The minimum atomic E-state index is -0.197. The van der Waals surface area contributed by atoms with Gasteiger partial charge < -0.3 is 4.90 Å². The van der Waals surface area contributed by atoms with Gasteiger partial charge in [-0.1, -0.05) is 75.1 Å². The van der Waals surface area contributed by atoms with E-state index in [2.05, 4.69) is 11.8 Å². The minimum absolute atomic E-state index is 0.0254. The summed E-state index contributed by atoms with van der Waals surface area (Å²) in [6.45, 7) is 2.59. The first-order valence-corrected chi connectivity index (χ1v) is 13.0. The summed E-state index contributed by atoms with van der Waals surface area (Å²) < 4.78 is 1.83. The van der Waals surface area contributed by atoms with E-state index in [0.717, 1.165) is 62.8 Å². The van der Waals surface area contributed by atoms with Crippen LogP contribution in [0.5, 0.6) is 0 Å². The first kappa shape index (κ1) is 22.8. The van der Waals surface area contributed by atoms with Crippen molar-refractivity contribution in [3.05, 3.63) is 76.3 Å². The van der Waals surface area contributed by atoms with Gasteiger partial charge in [-0.05, 0) is 49.8 Å². The SMILES string of the molecule is CCC(c1nc2ccccc2c(=O)n1Cc1ccccc1)N(C(=O)C1CCC1)C1CCCCC1. The van der Waals surface area contributed by atoms with Gasteiger partial charge in [0.25, 0.3) is 5.56 Å². The van der Waals surface area contributed by atoms with Crippen LogP contribution in [0, 0.1) is 5.92 Å². The highest BCUT2D eigenvalue weighted by molar-refractivity contribution is 5.81. The minimum Gasteiger partial charge on any atom is -0.329 e. The lowest BCUT2D eigenvalue weighted by atomic mass is 9.82. The summed E-state index contributed by atoms with van der Waals surface area (Å²) in [5.74, 6) is 1.14. The van der Waals surface area contributed by atoms with Crippen molar-refractivity contribution in [2.24, 2.45) is 5.92 Å². The molecule has 0 spiro atoms. The van der Waals surface area contributed by atoms with Crippen LogP contribution in [0.25, 0.3) is 10.9 Å². The van der Waals surface area contributed by atoms with Gasteiger partial charge in [0.05, 0.1) is 23.5 Å². The maximum absolute atomic E-state index is 13.8. The molecule has 1 aromatic heterocycles. The molecule has 0 aliphatic heterocycles. The van der Waals surface area contributed by atoms with Crippen LogP contribution in [0.4, 0.5) is 0 Å². The summed E-state index contributed by atoms with van der Waals surface area (Å²) in [4.78, 5) is 34.8. The molecule has 0 bridgehead atoms. The number of amides is 1. The topological polar surface area (TPSA) is 55.2 Å². The molecule has 34 heavy (non-hydrogen) atoms. The van der Waals surface area contributed by atoms with Crippen molar-refractivity contribution in [3.63, 3.8) is 0 Å². The third kappa shape index (κ3) is 4.40. The number of carbonyl (C=O) groups is 1. The number of hydrogen-bond acceptors (Lipinski definition) is 3. The molecule has 2 saturated carbocycles. The van der Waals surface area contributed by atoms with Crippen LogP contribution < -0.4 is 5.56 Å². The predicted molar refractivity (Wildman–Crippen MR) is 136 cm³/mol. The quantitative estimate of drug-likeness (QED) is 0.447. The molecule has 1 atom stereocenters. The van der Waals surface area contributed by atoms with Gasteiger partial charge in [0, 0.05) is 12.0 Å². The molecule has 2 aliphatic rings. The number of rotatable bonds is 7. The van der Waals surface area contributed by atoms with E-state index < -0.39 is 0 Å². The Morgan fingerprint density at radius 3 is 2.35 bits per heavy atom. The van der Waals surface area contributed by atoms with Crippen LogP contribution >= 0.6 is 0 Å². The Bertz CT molecular complexity index is 1190. The highest BCUT2D eigenvalue weighted by Gasteiger charge is 2.39. The zero-order valence-electron chi connectivity index (χ0n) is 20.2. The molecule has 5 rings (SSSR count). The first-order chi connectivity index (χ1) is 16.7. The molecule has 2 aliphatic carbocycles. The monoisotopic (exact) mass is 457 g/mol. The van der Waals surface area contributed by atoms with Gasteiger partial charge in [-0.3, -0.25) is 14.2 Å². The second-order valence-electron chi connectivity index (χ2n) is 9.95. The van der Waals surface area contributed by atoms with Crippen LogP contribution in [0.3, 0.4) is 0 Å². The van der Waals surface area contributed by atoms with E-state index in [-0.39, 0.29) is 29.5 Å². The number of hydrogen-bond donors (Lipinski definition) is 0. The summed E-state index contributed by atoms with van der Waals surface area (Å²) >= 11 is 0. The molecule has 0 saturated heterocycles. The summed E-state index contributed by atoms with van der Waals surface area (Å²) in [6, 6.07) is 17.7. The van der Waals surface area contributed by atoms with Gasteiger partial charge in [0.1, 0.15) is 5.82 Å². The van der Waals surface area contributed by atoms with E-state index in [1.807, 2.05) is 59.2 Å². The molecule has 178 valence electrons. The maximum atomic E-state index is 13.8. The number of benzene rings is 2. The lowest BCUT2D eigenvalue weighted by Crippen LogP contribution is -2.49. The largest absolute Gasteiger partial charge is 0.329 e. The average molecular weight is 458 g/mol. The van der Waals surface area contributed by atoms with Crippen LogP contribution in [-0.4, -0.2) is 26.4 Å². The number of fused-ring (bicyclic) bond motifs is 1. The van der Waals surface area contributed by atoms with Crippen molar-refractivity contribution >= 4 is 16.8 Å². The lowest BCUT2D eigenvalue weighted by Gasteiger charge is -2.43. The van der Waals surface area contributed by atoms with E-state index >= 15 is 0 Å². The fraction of sp³-hybridized carbons (Fsp3) is 0.483. The number of nitrogens with zero attached hydrogens (tertiary/aromatic N) is 3. The van der Waals surface area contributed by atoms with Gasteiger partial charge in [-0.25, -0.2) is 4.98 Å². The van der Waals surface area contributed by atoms with Crippen molar-refractivity contribution < 1.29 is 4.79 Å². The standard InChI is InChI=1S/C29H35N3O2/c1-2-26(32(23-16-7-4-8-17-23)28(33)22-14-11-15-22)27-30-25-19-10-9-18-24(25)29(34)31(27)20-21-12-5-3-6-13-21/h3,5-6,9-10,12-13,18-19,22-23,26H,2,4,7-8,11,14-17,20H2,1H3. The van der Waals surface area contributed by atoms with Gasteiger partial charge in [0.2, 0.25) is 5.91 Å². The number of para-hydroxylation sites is 1. The Balaban J connectivity index is 1.64. The second-order valence-corrected chi connectivity index (χ2v) is 9.95. The van der Waals surface area contributed by atoms with Gasteiger partial charge in [0.15, 0.2) is 0 Å². The van der Waals surface area contributed by atoms with Gasteiger partial charge in [-0.2, -0.15) is 0 Å². The molecule has 2 fully saturated rings. The highest BCUT2D eigenvalue weighted by atomic mass is 16.2. The summed E-state index contributed by atoms with van der Waals surface area (Å²) in [7, 11) is 0. The summed E-state index contributed by atoms with van der Waals surface area (Å²) in [5.41, 5.74) is 1.75. The molecule has 2 aromatic carbocycles. The molecule has 5 heteroatoms. The van der Waals surface area contributed by atoms with E-state index in [4.69, 9.17) is 4.98 Å². The molecule has 0 radical (unpaired) electrons. The molecule has 1 heterocycles. The zero-order valence-corrected chi connectivity index (χ0v) is 20.2. The molecule has 1 unspecified atom stereocenters. The third-order valence-corrected chi connectivity index (χ3v) is 7.77. The Labute approximate surface area is 201 Å². The molecule has 0 N–H and O–H groups in total. The maximum Gasteiger partial charge on any atom is 0.261 e. The van der Waals surface area contributed by atoms with Crippen molar-refractivity contribution in [3.8, 4) is 0 Å². The van der Waals surface area contributed by atoms with Crippen LogP contribution in [0.1, 0.15) is 82.1 Å². The van der Waals surface area contributed by atoms with Crippen molar-refractivity contribution in [1.82, 2.24) is 14.5 Å². The lowest BCUT2D eigenvalue weighted by molar-refractivity contribution is -0.145. The number of carbonyl (C=O) groups excluding carboxylic acids is 1. The van der Waals surface area contributed by atoms with E-state index in [1.165, 1.54) is 6.42 Å². The zero-order chi connectivity index (χ0) is 23.5. The Morgan fingerprint density at radius 2 is 1.68 bits per heavy atom. The fourth-order valence-electron chi connectivity index (χ4n) is 5.68. The van der Waals surface area contributed by atoms with E-state index in [0.29, 0.717) is 17.4 Å². The molecule has 5 nitrogen and oxygen atoms in total. The van der Waals surface area contributed by atoms with Crippen molar-refractivity contribution in [2.75, 3.05) is 0 Å². The third-order valence-electron chi connectivity index (χ3n) is 7.77. The van der Waals surface area contributed by atoms with Crippen molar-refractivity contribution in [1.29, 1.82) is 0 Å². The fourth-order valence-corrected chi connectivity index (χ4v) is 5.68. The van der Waals surface area contributed by atoms with E-state index in [9.17, 15) is 9.59 Å². The number of aromatic nitrogens is 2. The van der Waals surface area contributed by atoms with Crippen LogP contribution in [0.2, 0.25) is 0 Å². The van der Waals surface area contributed by atoms with Crippen LogP contribution in [-0.2, 0) is 11.3 Å². The Kier molecular flexibility index (Phi) is 6.80. The summed E-state index contributed by atoms with van der Waals surface area (Å²) in [6.07, 6.45) is 9.52. The van der Waals surface area contributed by atoms with Gasteiger partial charge >= 0.3 is 0 Å². The van der Waals surface area contributed by atoms with E-state index in [1.54, 1.807) is 0 Å². The average Bonchev–Trinajstić information content (AvgIpc) is 2.84. The molecular weight excluding hydrogens is 422 g/mol. The Morgan fingerprint density at radius 1 is 0.971 bits per heavy atom. The molecule has 1 amide bonds. The van der Waals surface area contributed by atoms with Crippen molar-refractivity contribution in [2.45, 2.75) is 83.3 Å². The molecule has 3 aromatic rings. The summed E-state index contributed by atoms with van der Waals surface area (Å²) in [5, 5.41) is 0.631. The predicted octanol–water partition coefficient (Wildman–Crippen LogP) is 5.86. The normalized spacial score (nSPS) is 17.9. The van der Waals surface area contributed by atoms with Gasteiger partial charge in [-0.15, -0.1) is 0 Å². The highest BCUT2D eigenvalue weighted by Crippen LogP contribution is 2.37. The van der Waals surface area contributed by atoms with Crippen LogP contribution in [0.15, 0.2) is 59.4 Å². The second kappa shape index (κ2) is 10.1.